The van der Waals surface area contributed by atoms with E-state index in [9.17, 15) is 14.7 Å². The summed E-state index contributed by atoms with van der Waals surface area (Å²) in [5.74, 6) is -0.868. The summed E-state index contributed by atoms with van der Waals surface area (Å²) in [7, 11) is 4.00. The molecule has 1 saturated heterocycles. The minimum atomic E-state index is -1.12. The molecule has 1 heterocycles. The van der Waals surface area contributed by atoms with Crippen molar-refractivity contribution in [1.29, 1.82) is 0 Å². The molecule has 1 saturated carbocycles. The highest BCUT2D eigenvalue weighted by Gasteiger charge is 2.49. The van der Waals surface area contributed by atoms with Crippen LogP contribution in [0, 0.1) is 5.92 Å². The number of aliphatic carboxylic acids is 1. The molecule has 19 heavy (non-hydrogen) atoms. The molecule has 1 aliphatic carbocycles. The fraction of sp³-hybridized carbons (Fsp3) is 0.846. The molecule has 0 aromatic rings. The Morgan fingerprint density at radius 3 is 2.37 bits per heavy atom. The SMILES string of the molecule is CN(C)C1CCN(C(=O)NC(C)(C(=O)O)C2CC2)C1. The molecule has 2 unspecified atom stereocenters. The third-order valence-electron chi connectivity index (χ3n) is 4.39. The second-order valence-electron chi connectivity index (χ2n) is 6.06. The number of hydrogen-bond donors (Lipinski definition) is 2. The van der Waals surface area contributed by atoms with Crippen molar-refractivity contribution in [2.45, 2.75) is 37.8 Å². The van der Waals surface area contributed by atoms with Gasteiger partial charge < -0.3 is 20.2 Å². The summed E-state index contributed by atoms with van der Waals surface area (Å²) >= 11 is 0. The number of nitrogens with zero attached hydrogens (tertiary/aromatic N) is 2. The van der Waals surface area contributed by atoms with Crippen molar-refractivity contribution in [2.75, 3.05) is 27.2 Å². The number of carboxylic acids is 1. The smallest absolute Gasteiger partial charge is 0.329 e. The standard InChI is InChI=1S/C13H23N3O3/c1-13(11(17)18,9-4-5-9)14-12(19)16-7-6-10(8-16)15(2)3/h9-10H,4-8H2,1-3H3,(H,14,19)(H,17,18). The van der Waals surface area contributed by atoms with Crippen LogP contribution < -0.4 is 5.32 Å². The lowest BCUT2D eigenvalue weighted by Crippen LogP contribution is -2.57. The largest absolute Gasteiger partial charge is 0.480 e. The van der Waals surface area contributed by atoms with Crippen molar-refractivity contribution in [1.82, 2.24) is 15.1 Å². The Kier molecular flexibility index (Phi) is 3.71. The molecule has 0 aromatic heterocycles. The molecule has 1 aliphatic heterocycles. The number of nitrogens with one attached hydrogen (secondary N) is 1. The third-order valence-corrected chi connectivity index (χ3v) is 4.39. The average molecular weight is 269 g/mol. The Balaban J connectivity index is 1.95. The number of rotatable bonds is 4. The van der Waals surface area contributed by atoms with Gasteiger partial charge in [-0.15, -0.1) is 0 Å². The molecule has 2 atom stereocenters. The van der Waals surface area contributed by atoms with Crippen molar-refractivity contribution < 1.29 is 14.7 Å². The molecular weight excluding hydrogens is 246 g/mol. The Morgan fingerprint density at radius 1 is 1.32 bits per heavy atom. The summed E-state index contributed by atoms with van der Waals surface area (Å²) < 4.78 is 0. The monoisotopic (exact) mass is 269 g/mol. The van der Waals surface area contributed by atoms with E-state index in [1.54, 1.807) is 11.8 Å². The second kappa shape index (κ2) is 5.00. The zero-order valence-corrected chi connectivity index (χ0v) is 11.8. The van der Waals surface area contributed by atoms with Gasteiger partial charge in [0.1, 0.15) is 5.54 Å². The average Bonchev–Trinajstić information content (AvgIpc) is 3.06. The van der Waals surface area contributed by atoms with Gasteiger partial charge in [0.2, 0.25) is 0 Å². The van der Waals surface area contributed by atoms with Gasteiger partial charge in [-0.3, -0.25) is 0 Å². The van der Waals surface area contributed by atoms with Crippen LogP contribution in [0.5, 0.6) is 0 Å². The molecule has 2 amide bonds. The van der Waals surface area contributed by atoms with Gasteiger partial charge in [0, 0.05) is 19.1 Å². The lowest BCUT2D eigenvalue weighted by molar-refractivity contribution is -0.144. The summed E-state index contributed by atoms with van der Waals surface area (Å²) in [6.07, 6.45) is 2.69. The first-order valence-corrected chi connectivity index (χ1v) is 6.81. The molecule has 2 aliphatic rings. The number of amides is 2. The van der Waals surface area contributed by atoms with Gasteiger partial charge in [-0.1, -0.05) is 0 Å². The summed E-state index contributed by atoms with van der Waals surface area (Å²) in [6.45, 7) is 2.97. The van der Waals surface area contributed by atoms with Crippen LogP contribution >= 0.6 is 0 Å². The van der Waals surface area contributed by atoms with E-state index in [-0.39, 0.29) is 11.9 Å². The minimum absolute atomic E-state index is 0.0706. The first-order valence-electron chi connectivity index (χ1n) is 6.81. The lowest BCUT2D eigenvalue weighted by Gasteiger charge is -2.29. The maximum Gasteiger partial charge on any atom is 0.329 e. The van der Waals surface area contributed by atoms with Gasteiger partial charge in [-0.25, -0.2) is 9.59 Å². The van der Waals surface area contributed by atoms with Crippen molar-refractivity contribution in [3.63, 3.8) is 0 Å². The lowest BCUT2D eigenvalue weighted by atomic mass is 9.96. The molecule has 0 bridgehead atoms. The van der Waals surface area contributed by atoms with Crippen LogP contribution in [0.1, 0.15) is 26.2 Å². The van der Waals surface area contributed by atoms with E-state index in [1.165, 1.54) is 0 Å². The fourth-order valence-electron chi connectivity index (χ4n) is 2.64. The van der Waals surface area contributed by atoms with Crippen LogP contribution in [0.2, 0.25) is 0 Å². The molecular formula is C13H23N3O3. The normalized spacial score (nSPS) is 26.3. The highest BCUT2D eigenvalue weighted by molar-refractivity contribution is 5.86. The van der Waals surface area contributed by atoms with Crippen LogP contribution in [-0.2, 0) is 4.79 Å². The molecule has 2 fully saturated rings. The van der Waals surface area contributed by atoms with Gasteiger partial charge in [-0.05, 0) is 46.2 Å². The molecule has 108 valence electrons. The highest BCUT2D eigenvalue weighted by atomic mass is 16.4. The fourth-order valence-corrected chi connectivity index (χ4v) is 2.64. The van der Waals surface area contributed by atoms with Crippen LogP contribution in [-0.4, -0.2) is 65.7 Å². The predicted octanol–water partition coefficient (Wildman–Crippen LogP) is 0.585. The van der Waals surface area contributed by atoms with Crippen LogP contribution in [0.15, 0.2) is 0 Å². The molecule has 0 spiro atoms. The Labute approximate surface area is 113 Å². The Bertz CT molecular complexity index is 381. The van der Waals surface area contributed by atoms with Gasteiger partial charge in [-0.2, -0.15) is 0 Å². The summed E-state index contributed by atoms with van der Waals surface area (Å²) in [5, 5.41) is 12.1. The van der Waals surface area contributed by atoms with E-state index < -0.39 is 11.5 Å². The zero-order chi connectivity index (χ0) is 14.2. The van der Waals surface area contributed by atoms with Crippen LogP contribution in [0.25, 0.3) is 0 Å². The van der Waals surface area contributed by atoms with Gasteiger partial charge in [0.25, 0.3) is 0 Å². The molecule has 6 heteroatoms. The number of hydrogen-bond acceptors (Lipinski definition) is 3. The van der Waals surface area contributed by atoms with E-state index in [2.05, 4.69) is 10.2 Å². The van der Waals surface area contributed by atoms with Gasteiger partial charge in [0.05, 0.1) is 0 Å². The Hall–Kier alpha value is -1.30. The van der Waals surface area contributed by atoms with Gasteiger partial charge in [0.15, 0.2) is 0 Å². The van der Waals surface area contributed by atoms with E-state index >= 15 is 0 Å². The van der Waals surface area contributed by atoms with Crippen molar-refractivity contribution in [3.8, 4) is 0 Å². The maximum atomic E-state index is 12.2. The zero-order valence-electron chi connectivity index (χ0n) is 11.8. The first kappa shape index (κ1) is 14.1. The first-order chi connectivity index (χ1) is 8.84. The molecule has 2 N–H and O–H groups in total. The summed E-state index contributed by atoms with van der Waals surface area (Å²) in [4.78, 5) is 27.4. The van der Waals surface area contributed by atoms with E-state index in [4.69, 9.17) is 0 Å². The quantitative estimate of drug-likeness (QED) is 0.783. The summed E-state index contributed by atoms with van der Waals surface area (Å²) in [6, 6.07) is 0.115. The van der Waals surface area contributed by atoms with Crippen LogP contribution in [0.3, 0.4) is 0 Å². The Morgan fingerprint density at radius 2 is 1.95 bits per heavy atom. The molecule has 6 nitrogen and oxygen atoms in total. The highest BCUT2D eigenvalue weighted by Crippen LogP contribution is 2.39. The summed E-state index contributed by atoms with van der Waals surface area (Å²) in [5.41, 5.74) is -1.12. The number of carbonyl (C=O) groups is 2. The number of likely N-dealkylation sites (N-methyl/N-ethyl adjacent to an activating group) is 1. The number of carbonyl (C=O) groups excluding carboxylic acids is 1. The number of likely N-dealkylation sites (tertiary alicyclic amines) is 1. The van der Waals surface area contributed by atoms with Crippen LogP contribution in [0.4, 0.5) is 4.79 Å². The van der Waals surface area contributed by atoms with E-state index in [1.807, 2.05) is 14.1 Å². The van der Waals surface area contributed by atoms with Crippen molar-refractivity contribution >= 4 is 12.0 Å². The molecule has 0 aromatic carbocycles. The topological polar surface area (TPSA) is 72.9 Å². The second-order valence-corrected chi connectivity index (χ2v) is 6.06. The maximum absolute atomic E-state index is 12.2. The van der Waals surface area contributed by atoms with Gasteiger partial charge >= 0.3 is 12.0 Å². The van der Waals surface area contributed by atoms with Crippen molar-refractivity contribution in [3.05, 3.63) is 0 Å². The van der Waals surface area contributed by atoms with E-state index in [0.717, 1.165) is 19.3 Å². The van der Waals surface area contributed by atoms with E-state index in [0.29, 0.717) is 19.1 Å². The predicted molar refractivity (Wildman–Crippen MR) is 71.0 cm³/mol. The minimum Gasteiger partial charge on any atom is -0.480 e. The third kappa shape index (κ3) is 2.83. The molecule has 2 rings (SSSR count). The number of carboxylic acid groups (broad SMARTS) is 1. The molecule has 0 radical (unpaired) electrons. The number of urea groups is 1. The van der Waals surface area contributed by atoms with Crippen molar-refractivity contribution in [2.24, 2.45) is 5.92 Å².